The van der Waals surface area contributed by atoms with Crippen molar-refractivity contribution in [3.63, 3.8) is 0 Å². The minimum atomic E-state index is -3.51. The van der Waals surface area contributed by atoms with Crippen LogP contribution in [0, 0.1) is 0 Å². The van der Waals surface area contributed by atoms with Crippen molar-refractivity contribution in [3.8, 4) is 0 Å². The minimum Gasteiger partial charge on any atom is -0.399 e. The summed E-state index contributed by atoms with van der Waals surface area (Å²) >= 11 is 0. The molecule has 0 unspecified atom stereocenters. The molecular formula is C13H12N2O2S. The third-order valence-electron chi connectivity index (χ3n) is 3.14. The largest absolute Gasteiger partial charge is 0.399 e. The molecule has 2 aromatic rings. The smallest absolute Gasteiger partial charge is 0.207 e. The maximum atomic E-state index is 12.5. The fraction of sp³-hybridized carbons (Fsp3) is 0.0769. The molecule has 2 aromatic carbocycles. The van der Waals surface area contributed by atoms with Crippen molar-refractivity contribution in [1.82, 2.24) is 0 Å². The van der Waals surface area contributed by atoms with Crippen molar-refractivity contribution in [2.75, 3.05) is 11.5 Å². The maximum absolute atomic E-state index is 12.5. The zero-order chi connectivity index (χ0) is 12.9. The van der Waals surface area contributed by atoms with Gasteiger partial charge in [-0.1, -0.05) is 12.1 Å². The number of benzene rings is 2. The molecule has 0 fully saturated rings. The summed E-state index contributed by atoms with van der Waals surface area (Å²) in [7, 11) is -3.51. The summed E-state index contributed by atoms with van der Waals surface area (Å²) in [5.41, 5.74) is 13.8. The monoisotopic (exact) mass is 260 g/mol. The average molecular weight is 260 g/mol. The number of fused-ring (bicyclic) bond motifs is 2. The highest BCUT2D eigenvalue weighted by molar-refractivity contribution is 7.91. The van der Waals surface area contributed by atoms with Crippen LogP contribution in [-0.2, 0) is 16.3 Å². The molecule has 0 saturated carbocycles. The Morgan fingerprint density at radius 2 is 1.28 bits per heavy atom. The normalized spacial score (nSPS) is 15.8. The molecule has 1 aliphatic rings. The number of hydrogen-bond donors (Lipinski definition) is 2. The summed E-state index contributed by atoms with van der Waals surface area (Å²) in [6, 6.07) is 9.99. The Bertz CT molecular complexity index is 694. The fourth-order valence-corrected chi connectivity index (χ4v) is 4.05. The molecule has 0 spiro atoms. The number of nitrogens with two attached hydrogens (primary N) is 2. The summed E-state index contributed by atoms with van der Waals surface area (Å²) in [6.07, 6.45) is 0.588. The second-order valence-corrected chi connectivity index (χ2v) is 6.30. The first-order chi connectivity index (χ1) is 8.48. The van der Waals surface area contributed by atoms with Gasteiger partial charge in [-0.3, -0.25) is 0 Å². The van der Waals surface area contributed by atoms with E-state index < -0.39 is 9.84 Å². The topological polar surface area (TPSA) is 86.2 Å². The first-order valence-electron chi connectivity index (χ1n) is 5.50. The predicted octanol–water partition coefficient (Wildman–Crippen LogP) is 1.59. The highest BCUT2D eigenvalue weighted by Crippen LogP contribution is 2.36. The maximum Gasteiger partial charge on any atom is 0.207 e. The molecule has 92 valence electrons. The standard InChI is InChI=1S/C13H12N2O2S/c14-10-3-1-8-5-9-2-4-11(15)7-13(9)18(16,17)12(8)6-10/h1-4,6-7H,5,14-15H2. The first kappa shape index (κ1) is 11.1. The van der Waals surface area contributed by atoms with Gasteiger partial charge in [0.15, 0.2) is 0 Å². The third-order valence-corrected chi connectivity index (χ3v) is 5.06. The van der Waals surface area contributed by atoms with Gasteiger partial charge in [-0.15, -0.1) is 0 Å². The summed E-state index contributed by atoms with van der Waals surface area (Å²) in [5, 5.41) is 0. The molecule has 0 bridgehead atoms. The summed E-state index contributed by atoms with van der Waals surface area (Å²) in [6.45, 7) is 0. The molecule has 4 nitrogen and oxygen atoms in total. The number of sulfone groups is 1. The molecule has 0 radical (unpaired) electrons. The van der Waals surface area contributed by atoms with Crippen LogP contribution in [0.15, 0.2) is 46.2 Å². The molecule has 4 N–H and O–H groups in total. The molecule has 0 amide bonds. The van der Waals surface area contributed by atoms with Gasteiger partial charge in [-0.2, -0.15) is 0 Å². The van der Waals surface area contributed by atoms with Crippen LogP contribution in [-0.4, -0.2) is 8.42 Å². The zero-order valence-electron chi connectivity index (χ0n) is 9.55. The van der Waals surface area contributed by atoms with Gasteiger partial charge in [-0.25, -0.2) is 8.42 Å². The van der Waals surface area contributed by atoms with Gasteiger partial charge >= 0.3 is 0 Å². The van der Waals surface area contributed by atoms with Crippen LogP contribution in [0.5, 0.6) is 0 Å². The number of nitrogen functional groups attached to an aromatic ring is 2. The fourth-order valence-electron chi connectivity index (χ4n) is 2.26. The van der Waals surface area contributed by atoms with Gasteiger partial charge in [0.05, 0.1) is 9.79 Å². The van der Waals surface area contributed by atoms with Crippen LogP contribution in [0.25, 0.3) is 0 Å². The molecule has 1 heterocycles. The minimum absolute atomic E-state index is 0.292. The van der Waals surface area contributed by atoms with E-state index in [1.807, 2.05) is 0 Å². The molecular weight excluding hydrogens is 248 g/mol. The Morgan fingerprint density at radius 1 is 0.833 bits per heavy atom. The molecule has 1 aliphatic heterocycles. The Morgan fingerprint density at radius 3 is 1.72 bits per heavy atom. The lowest BCUT2D eigenvalue weighted by Crippen LogP contribution is -2.15. The van der Waals surface area contributed by atoms with E-state index in [4.69, 9.17) is 11.5 Å². The summed E-state index contributed by atoms with van der Waals surface area (Å²) < 4.78 is 25.0. The lowest BCUT2D eigenvalue weighted by molar-refractivity contribution is 0.592. The van der Waals surface area contributed by atoms with E-state index in [0.717, 1.165) is 11.1 Å². The van der Waals surface area contributed by atoms with Gasteiger partial charge in [0.1, 0.15) is 0 Å². The summed E-state index contributed by atoms with van der Waals surface area (Å²) in [5.74, 6) is 0. The Kier molecular flexibility index (Phi) is 2.15. The molecule has 0 saturated heterocycles. The highest BCUT2D eigenvalue weighted by atomic mass is 32.2. The average Bonchev–Trinajstić information content (AvgIpc) is 2.32. The number of rotatable bonds is 0. The van der Waals surface area contributed by atoms with Crippen molar-refractivity contribution in [2.45, 2.75) is 16.2 Å². The van der Waals surface area contributed by atoms with Crippen LogP contribution in [0.4, 0.5) is 11.4 Å². The van der Waals surface area contributed by atoms with Gasteiger partial charge in [0.2, 0.25) is 9.84 Å². The van der Waals surface area contributed by atoms with E-state index in [-0.39, 0.29) is 0 Å². The molecule has 0 aromatic heterocycles. The van der Waals surface area contributed by atoms with E-state index >= 15 is 0 Å². The van der Waals surface area contributed by atoms with Crippen molar-refractivity contribution in [1.29, 1.82) is 0 Å². The third kappa shape index (κ3) is 1.48. The van der Waals surface area contributed by atoms with Gasteiger partial charge in [0, 0.05) is 17.8 Å². The van der Waals surface area contributed by atoms with Gasteiger partial charge in [-0.05, 0) is 35.4 Å². The summed E-state index contributed by atoms with van der Waals surface area (Å²) in [4.78, 5) is 0.584. The molecule has 5 heteroatoms. The SMILES string of the molecule is Nc1ccc2c(c1)S(=O)(=O)c1cc(N)ccc1C2. The van der Waals surface area contributed by atoms with Crippen LogP contribution in [0.2, 0.25) is 0 Å². The van der Waals surface area contributed by atoms with E-state index in [0.29, 0.717) is 27.6 Å². The molecule has 0 atom stereocenters. The Labute approximate surface area is 105 Å². The van der Waals surface area contributed by atoms with Crippen LogP contribution < -0.4 is 11.5 Å². The van der Waals surface area contributed by atoms with Crippen molar-refractivity contribution >= 4 is 21.2 Å². The van der Waals surface area contributed by atoms with E-state index in [2.05, 4.69) is 0 Å². The Balaban J connectivity index is 2.34. The lowest BCUT2D eigenvalue weighted by Gasteiger charge is -2.20. The molecule has 18 heavy (non-hydrogen) atoms. The van der Waals surface area contributed by atoms with Crippen molar-refractivity contribution in [2.24, 2.45) is 0 Å². The van der Waals surface area contributed by atoms with E-state index in [1.54, 1.807) is 24.3 Å². The number of anilines is 2. The van der Waals surface area contributed by atoms with Crippen molar-refractivity contribution < 1.29 is 8.42 Å². The van der Waals surface area contributed by atoms with Gasteiger partial charge < -0.3 is 11.5 Å². The van der Waals surface area contributed by atoms with Crippen LogP contribution >= 0.6 is 0 Å². The highest BCUT2D eigenvalue weighted by Gasteiger charge is 2.29. The lowest BCUT2D eigenvalue weighted by atomic mass is 10.0. The van der Waals surface area contributed by atoms with Crippen LogP contribution in [0.1, 0.15) is 11.1 Å². The van der Waals surface area contributed by atoms with Crippen LogP contribution in [0.3, 0.4) is 0 Å². The Hall–Kier alpha value is -2.01. The second-order valence-electron chi connectivity index (χ2n) is 4.41. The molecule has 3 rings (SSSR count). The zero-order valence-corrected chi connectivity index (χ0v) is 10.4. The van der Waals surface area contributed by atoms with Crippen molar-refractivity contribution in [3.05, 3.63) is 47.5 Å². The van der Waals surface area contributed by atoms with Gasteiger partial charge in [0.25, 0.3) is 0 Å². The number of hydrogen-bond acceptors (Lipinski definition) is 4. The quantitative estimate of drug-likeness (QED) is 0.601. The van der Waals surface area contributed by atoms with E-state index in [9.17, 15) is 8.42 Å². The first-order valence-corrected chi connectivity index (χ1v) is 6.99. The second kappa shape index (κ2) is 3.49. The predicted molar refractivity (Wildman–Crippen MR) is 70.0 cm³/mol. The van der Waals surface area contributed by atoms with E-state index in [1.165, 1.54) is 12.1 Å². The molecule has 0 aliphatic carbocycles.